The number of aliphatic hydroxyl groups excluding tert-OH is 1. The summed E-state index contributed by atoms with van der Waals surface area (Å²) in [5.74, 6) is 0.578. The monoisotopic (exact) mass is 658 g/mol. The van der Waals surface area contributed by atoms with E-state index in [1.165, 1.54) is 0 Å². The van der Waals surface area contributed by atoms with E-state index in [1.807, 2.05) is 12.1 Å². The summed E-state index contributed by atoms with van der Waals surface area (Å²) in [7, 11) is 0. The van der Waals surface area contributed by atoms with E-state index in [9.17, 15) is 9.59 Å². The topological polar surface area (TPSA) is 102 Å². The van der Waals surface area contributed by atoms with Gasteiger partial charge >= 0.3 is 0 Å². The third-order valence-electron chi connectivity index (χ3n) is 2.98. The summed E-state index contributed by atoms with van der Waals surface area (Å²) >= 11 is 6.68. The second-order valence-corrected chi connectivity index (χ2v) is 8.48. The zero-order valence-electron chi connectivity index (χ0n) is 12.2. The molecule has 1 unspecified atom stereocenters. The zero-order chi connectivity index (χ0) is 17.5. The van der Waals surface area contributed by atoms with Gasteiger partial charge in [0.25, 0.3) is 0 Å². The molecule has 0 aliphatic rings. The maximum atomic E-state index is 11.7. The van der Waals surface area contributed by atoms with Gasteiger partial charge in [-0.3, -0.25) is 4.79 Å². The molecule has 0 saturated carbocycles. The van der Waals surface area contributed by atoms with Crippen LogP contribution in [0.1, 0.15) is 12.8 Å². The minimum absolute atomic E-state index is 0.0778. The highest BCUT2D eigenvalue weighted by Gasteiger charge is 2.23. The molecule has 4 N–H and O–H groups in total. The van der Waals surface area contributed by atoms with Gasteiger partial charge in [0.1, 0.15) is 18.6 Å². The molecule has 0 aromatic heterocycles. The smallest absolute Gasteiger partial charge is 0.220 e. The van der Waals surface area contributed by atoms with Crippen LogP contribution in [0.15, 0.2) is 12.1 Å². The van der Waals surface area contributed by atoms with Crippen molar-refractivity contribution in [3.05, 3.63) is 22.8 Å². The van der Waals surface area contributed by atoms with E-state index < -0.39 is 12.1 Å². The first-order valence-corrected chi connectivity index (χ1v) is 9.95. The Labute approximate surface area is 175 Å². The normalized spacial score (nSPS) is 13.3. The average molecular weight is 658 g/mol. The van der Waals surface area contributed by atoms with E-state index >= 15 is 0 Å². The van der Waals surface area contributed by atoms with Crippen LogP contribution in [0, 0.1) is 10.7 Å². The first-order valence-electron chi connectivity index (χ1n) is 6.71. The lowest BCUT2D eigenvalue weighted by molar-refractivity contribution is -0.122. The van der Waals surface area contributed by atoms with E-state index in [4.69, 9.17) is 15.6 Å². The highest BCUT2D eigenvalue weighted by molar-refractivity contribution is 14.1. The molecular weight excluding hydrogens is 641 g/mol. The molecule has 1 rings (SSSR count). The summed E-state index contributed by atoms with van der Waals surface area (Å²) in [6.45, 7) is 0.227. The molecule has 0 spiro atoms. The Kier molecular flexibility index (Phi) is 9.55. The van der Waals surface area contributed by atoms with Gasteiger partial charge in [0, 0.05) is 9.99 Å². The number of nitrogens with two attached hydrogens (primary N) is 1. The van der Waals surface area contributed by atoms with Crippen LogP contribution in [0.2, 0.25) is 0 Å². The molecule has 0 aliphatic heterocycles. The molecule has 1 amide bonds. The molecule has 0 saturated heterocycles. The number of ether oxygens (including phenoxy) is 1. The van der Waals surface area contributed by atoms with Crippen molar-refractivity contribution in [1.29, 1.82) is 0 Å². The van der Waals surface area contributed by atoms with Crippen molar-refractivity contribution >= 4 is 80.0 Å². The van der Waals surface area contributed by atoms with E-state index in [1.54, 1.807) is 0 Å². The highest BCUT2D eigenvalue weighted by atomic mass is 127. The molecule has 23 heavy (non-hydrogen) atoms. The third kappa shape index (κ3) is 7.36. The molecule has 0 heterocycles. The number of nitrogens with one attached hydrogen (secondary N) is 1. The molecule has 6 nitrogen and oxygen atoms in total. The zero-order valence-corrected chi connectivity index (χ0v) is 18.6. The quantitative estimate of drug-likeness (QED) is 0.213. The SMILES string of the molecule is NC(C=O)(CO)CCC(=O)NCCOc1c(I)cc(I)cc1I. The average Bonchev–Trinajstić information content (AvgIpc) is 2.51. The summed E-state index contributed by atoms with van der Waals surface area (Å²) in [5.41, 5.74) is 4.25. The first kappa shape index (κ1) is 21.3. The van der Waals surface area contributed by atoms with Gasteiger partial charge in [-0.2, -0.15) is 0 Å². The fraction of sp³-hybridized carbons (Fsp3) is 0.429. The number of carbonyl (C=O) groups is 2. The molecule has 0 fully saturated rings. The Morgan fingerprint density at radius 1 is 1.35 bits per heavy atom. The van der Waals surface area contributed by atoms with Gasteiger partial charge < -0.3 is 25.7 Å². The molecule has 1 atom stereocenters. The number of benzene rings is 1. The van der Waals surface area contributed by atoms with Crippen molar-refractivity contribution in [3.8, 4) is 5.75 Å². The predicted molar refractivity (Wildman–Crippen MR) is 112 cm³/mol. The Bertz CT molecular complexity index is 548. The van der Waals surface area contributed by atoms with Gasteiger partial charge in [-0.25, -0.2) is 0 Å². The number of halogens is 3. The molecule has 9 heteroatoms. The highest BCUT2D eigenvalue weighted by Crippen LogP contribution is 2.29. The van der Waals surface area contributed by atoms with Crippen molar-refractivity contribution in [1.82, 2.24) is 5.32 Å². The van der Waals surface area contributed by atoms with Gasteiger partial charge in [-0.15, -0.1) is 0 Å². The molecular formula is C14H17I3N2O4. The minimum atomic E-state index is -1.35. The van der Waals surface area contributed by atoms with Crippen LogP contribution < -0.4 is 15.8 Å². The van der Waals surface area contributed by atoms with Crippen molar-refractivity contribution in [2.75, 3.05) is 19.8 Å². The number of amides is 1. The first-order chi connectivity index (χ1) is 10.8. The fourth-order valence-electron chi connectivity index (χ4n) is 1.62. The molecule has 0 bridgehead atoms. The molecule has 0 radical (unpaired) electrons. The third-order valence-corrected chi connectivity index (χ3v) is 5.21. The molecule has 128 valence electrons. The Morgan fingerprint density at radius 3 is 2.48 bits per heavy atom. The number of rotatable bonds is 9. The number of carbonyl (C=O) groups excluding carboxylic acids is 2. The second-order valence-electron chi connectivity index (χ2n) is 4.91. The van der Waals surface area contributed by atoms with Crippen LogP contribution in [0.5, 0.6) is 5.75 Å². The van der Waals surface area contributed by atoms with Gasteiger partial charge in [0.15, 0.2) is 0 Å². The largest absolute Gasteiger partial charge is 0.490 e. The van der Waals surface area contributed by atoms with Crippen molar-refractivity contribution < 1.29 is 19.4 Å². The predicted octanol–water partition coefficient (Wildman–Crippen LogP) is 1.66. The minimum Gasteiger partial charge on any atom is -0.490 e. The Balaban J connectivity index is 2.35. The van der Waals surface area contributed by atoms with Gasteiger partial charge in [-0.1, -0.05) is 0 Å². The van der Waals surface area contributed by atoms with Crippen LogP contribution in [0.3, 0.4) is 0 Å². The standard InChI is InChI=1S/C14H17I3N2O4/c15-9-5-10(16)13(11(17)6-9)23-4-3-19-12(22)1-2-14(18,7-20)8-21/h5-7,21H,1-4,8,18H2,(H,19,22). The molecule has 1 aromatic carbocycles. The van der Waals surface area contributed by atoms with Crippen molar-refractivity contribution in [2.45, 2.75) is 18.4 Å². The number of hydrogen-bond acceptors (Lipinski definition) is 5. The number of hydrogen-bond donors (Lipinski definition) is 3. The maximum Gasteiger partial charge on any atom is 0.220 e. The van der Waals surface area contributed by atoms with Crippen molar-refractivity contribution in [2.24, 2.45) is 5.73 Å². The Hall–Kier alpha value is 0.270. The summed E-state index contributed by atoms with van der Waals surface area (Å²) in [5, 5.41) is 11.7. The van der Waals surface area contributed by atoms with Crippen LogP contribution in [0.4, 0.5) is 0 Å². The number of aliphatic hydroxyl groups is 1. The van der Waals surface area contributed by atoms with E-state index in [0.29, 0.717) is 19.4 Å². The van der Waals surface area contributed by atoms with Crippen LogP contribution >= 0.6 is 67.8 Å². The summed E-state index contributed by atoms with van der Waals surface area (Å²) in [6.07, 6.45) is 0.658. The van der Waals surface area contributed by atoms with Gasteiger partial charge in [0.2, 0.25) is 5.91 Å². The fourth-order valence-corrected chi connectivity index (χ4v) is 5.51. The molecule has 0 aliphatic carbocycles. The summed E-state index contributed by atoms with van der Waals surface area (Å²) in [6, 6.07) is 4.04. The maximum absolute atomic E-state index is 11.7. The van der Waals surface area contributed by atoms with E-state index in [0.717, 1.165) is 16.5 Å². The lowest BCUT2D eigenvalue weighted by Gasteiger charge is -2.19. The Morgan fingerprint density at radius 2 is 1.96 bits per heavy atom. The van der Waals surface area contributed by atoms with Gasteiger partial charge in [-0.05, 0) is 86.3 Å². The van der Waals surface area contributed by atoms with Crippen LogP contribution in [-0.4, -0.2) is 42.6 Å². The number of aldehydes is 1. The van der Waals surface area contributed by atoms with Crippen LogP contribution in [-0.2, 0) is 9.59 Å². The van der Waals surface area contributed by atoms with Crippen molar-refractivity contribution in [3.63, 3.8) is 0 Å². The van der Waals surface area contributed by atoms with Crippen LogP contribution in [0.25, 0.3) is 0 Å². The lowest BCUT2D eigenvalue weighted by Crippen LogP contribution is -2.46. The molecule has 1 aromatic rings. The lowest BCUT2D eigenvalue weighted by atomic mass is 9.97. The van der Waals surface area contributed by atoms with E-state index in [2.05, 4.69) is 73.1 Å². The summed E-state index contributed by atoms with van der Waals surface area (Å²) in [4.78, 5) is 22.4. The summed E-state index contributed by atoms with van der Waals surface area (Å²) < 4.78 is 8.89. The van der Waals surface area contributed by atoms with Gasteiger partial charge in [0.05, 0.1) is 25.8 Å². The second kappa shape index (κ2) is 10.3. The van der Waals surface area contributed by atoms with E-state index in [-0.39, 0.29) is 18.7 Å².